The zero-order chi connectivity index (χ0) is 15.0. The molecule has 4 heteroatoms. The van der Waals surface area contributed by atoms with Crippen molar-refractivity contribution in [1.82, 2.24) is 15.1 Å². The van der Waals surface area contributed by atoms with Crippen molar-refractivity contribution in [2.24, 2.45) is 5.92 Å². The largest absolute Gasteiger partial charge is 0.394 e. The van der Waals surface area contributed by atoms with Crippen LogP contribution in [0.3, 0.4) is 0 Å². The molecular weight excluding hydrogens is 250 g/mol. The molecule has 120 valence electrons. The minimum Gasteiger partial charge on any atom is -0.394 e. The van der Waals surface area contributed by atoms with Gasteiger partial charge in [-0.05, 0) is 44.9 Å². The van der Waals surface area contributed by atoms with Crippen LogP contribution in [0.5, 0.6) is 0 Å². The highest BCUT2D eigenvalue weighted by Gasteiger charge is 2.33. The summed E-state index contributed by atoms with van der Waals surface area (Å²) in [6.07, 6.45) is 2.13. The van der Waals surface area contributed by atoms with Crippen molar-refractivity contribution in [2.45, 2.75) is 46.1 Å². The molecular formula is C16H35N3O. The second kappa shape index (κ2) is 8.98. The predicted octanol–water partition coefficient (Wildman–Crippen LogP) is 1.40. The summed E-state index contributed by atoms with van der Waals surface area (Å²) in [6.45, 7) is 16.9. The summed E-state index contributed by atoms with van der Waals surface area (Å²) in [5, 5.41) is 13.4. The lowest BCUT2D eigenvalue weighted by Crippen LogP contribution is -2.57. The smallest absolute Gasteiger partial charge is 0.0614 e. The maximum Gasteiger partial charge on any atom is 0.0614 e. The van der Waals surface area contributed by atoms with Crippen molar-refractivity contribution >= 4 is 0 Å². The zero-order valence-electron chi connectivity index (χ0n) is 14.0. The van der Waals surface area contributed by atoms with Gasteiger partial charge in [-0.25, -0.2) is 0 Å². The van der Waals surface area contributed by atoms with E-state index >= 15 is 0 Å². The van der Waals surface area contributed by atoms with Crippen LogP contribution in [0, 0.1) is 5.92 Å². The normalized spacial score (nSPS) is 19.9. The van der Waals surface area contributed by atoms with Crippen LogP contribution in [-0.2, 0) is 0 Å². The average Bonchev–Trinajstić information content (AvgIpc) is 2.45. The molecule has 0 radical (unpaired) electrons. The van der Waals surface area contributed by atoms with Crippen LogP contribution in [0.1, 0.15) is 40.5 Å². The van der Waals surface area contributed by atoms with Crippen LogP contribution < -0.4 is 5.32 Å². The predicted molar refractivity (Wildman–Crippen MR) is 86.1 cm³/mol. The molecule has 1 heterocycles. The van der Waals surface area contributed by atoms with E-state index in [0.29, 0.717) is 0 Å². The molecule has 2 N–H and O–H groups in total. The Morgan fingerprint density at radius 2 is 1.80 bits per heavy atom. The quantitative estimate of drug-likeness (QED) is 0.672. The van der Waals surface area contributed by atoms with Gasteiger partial charge in [0.2, 0.25) is 0 Å². The van der Waals surface area contributed by atoms with Crippen LogP contribution in [0.2, 0.25) is 0 Å². The monoisotopic (exact) mass is 285 g/mol. The highest BCUT2D eigenvalue weighted by molar-refractivity contribution is 4.93. The van der Waals surface area contributed by atoms with E-state index in [1.165, 1.54) is 6.54 Å². The molecule has 1 aliphatic rings. The minimum absolute atomic E-state index is 0.0410. The summed E-state index contributed by atoms with van der Waals surface area (Å²) in [5.41, 5.74) is -0.0410. The topological polar surface area (TPSA) is 38.7 Å². The number of nitrogens with one attached hydrogen (secondary N) is 1. The van der Waals surface area contributed by atoms with Gasteiger partial charge in [0, 0.05) is 25.2 Å². The molecule has 1 rings (SSSR count). The number of rotatable bonds is 9. The molecule has 0 amide bonds. The summed E-state index contributed by atoms with van der Waals surface area (Å²) in [6, 6.07) is 0. The summed E-state index contributed by atoms with van der Waals surface area (Å²) in [7, 11) is 0. The molecule has 1 saturated heterocycles. The maximum absolute atomic E-state index is 9.79. The van der Waals surface area contributed by atoms with Crippen molar-refractivity contribution in [3.8, 4) is 0 Å². The third-order valence-corrected chi connectivity index (χ3v) is 4.56. The van der Waals surface area contributed by atoms with Crippen molar-refractivity contribution in [3.63, 3.8) is 0 Å². The Balaban J connectivity index is 2.34. The number of likely N-dealkylation sites (tertiary alicyclic amines) is 1. The first-order valence-corrected chi connectivity index (χ1v) is 8.35. The summed E-state index contributed by atoms with van der Waals surface area (Å²) in [4.78, 5) is 4.95. The molecule has 0 aromatic heterocycles. The molecule has 4 nitrogen and oxygen atoms in total. The molecule has 0 atom stereocenters. The molecule has 0 aromatic rings. The number of hydrogen-bond acceptors (Lipinski definition) is 4. The van der Waals surface area contributed by atoms with Crippen molar-refractivity contribution in [3.05, 3.63) is 0 Å². The lowest BCUT2D eigenvalue weighted by Gasteiger charge is -2.42. The van der Waals surface area contributed by atoms with E-state index in [2.05, 4.69) is 42.8 Å². The Bertz CT molecular complexity index is 246. The average molecular weight is 285 g/mol. The second-order valence-electron chi connectivity index (χ2n) is 6.59. The van der Waals surface area contributed by atoms with E-state index in [-0.39, 0.29) is 12.1 Å². The maximum atomic E-state index is 9.79. The fourth-order valence-electron chi connectivity index (χ4n) is 3.09. The van der Waals surface area contributed by atoms with Gasteiger partial charge in [-0.15, -0.1) is 0 Å². The summed E-state index contributed by atoms with van der Waals surface area (Å²) in [5.74, 6) is 0.729. The van der Waals surface area contributed by atoms with Crippen molar-refractivity contribution in [1.29, 1.82) is 0 Å². The highest BCUT2D eigenvalue weighted by Crippen LogP contribution is 2.22. The highest BCUT2D eigenvalue weighted by atomic mass is 16.3. The first-order valence-electron chi connectivity index (χ1n) is 8.35. The molecule has 1 fully saturated rings. The van der Waals surface area contributed by atoms with Crippen LogP contribution in [0.25, 0.3) is 0 Å². The fourth-order valence-corrected chi connectivity index (χ4v) is 3.09. The third kappa shape index (κ3) is 5.68. The Kier molecular flexibility index (Phi) is 8.03. The Morgan fingerprint density at radius 1 is 1.20 bits per heavy atom. The number of likely N-dealkylation sites (N-methyl/N-ethyl adjacent to an activating group) is 1. The van der Waals surface area contributed by atoms with Gasteiger partial charge in [-0.3, -0.25) is 0 Å². The van der Waals surface area contributed by atoms with E-state index in [1.54, 1.807) is 0 Å². The van der Waals surface area contributed by atoms with Gasteiger partial charge in [0.1, 0.15) is 0 Å². The molecule has 0 saturated carbocycles. The molecule has 0 aliphatic carbocycles. The van der Waals surface area contributed by atoms with E-state index < -0.39 is 0 Å². The third-order valence-electron chi connectivity index (χ3n) is 4.56. The van der Waals surface area contributed by atoms with E-state index in [4.69, 9.17) is 0 Å². The second-order valence-corrected chi connectivity index (χ2v) is 6.59. The lowest BCUT2D eigenvalue weighted by atomic mass is 9.88. The summed E-state index contributed by atoms with van der Waals surface area (Å²) >= 11 is 0. The lowest BCUT2D eigenvalue weighted by molar-refractivity contribution is 0.0717. The van der Waals surface area contributed by atoms with Crippen LogP contribution in [0.4, 0.5) is 0 Å². The Hall–Kier alpha value is -0.160. The Labute approximate surface area is 125 Å². The van der Waals surface area contributed by atoms with Crippen molar-refractivity contribution in [2.75, 3.05) is 52.4 Å². The van der Waals surface area contributed by atoms with Gasteiger partial charge in [-0.1, -0.05) is 27.7 Å². The first-order chi connectivity index (χ1) is 9.55. The van der Waals surface area contributed by atoms with Gasteiger partial charge in [0.25, 0.3) is 0 Å². The number of nitrogens with zero attached hydrogens (tertiary/aromatic N) is 2. The Morgan fingerprint density at radius 3 is 2.25 bits per heavy atom. The molecule has 0 spiro atoms. The standard InChI is InChI=1S/C16H35N3O/c1-5-18(6-2)12-9-17-16(14-20)7-10-19(11-8-16)13-15(3)4/h15,17,20H,5-14H2,1-4H3. The molecule has 20 heavy (non-hydrogen) atoms. The number of hydrogen-bond donors (Lipinski definition) is 2. The van der Waals surface area contributed by atoms with E-state index in [9.17, 15) is 5.11 Å². The van der Waals surface area contributed by atoms with E-state index in [0.717, 1.165) is 58.0 Å². The van der Waals surface area contributed by atoms with Gasteiger partial charge in [0.15, 0.2) is 0 Å². The first kappa shape index (κ1) is 17.9. The number of piperidine rings is 1. The molecule has 0 unspecified atom stereocenters. The number of aliphatic hydroxyl groups is 1. The van der Waals surface area contributed by atoms with Crippen LogP contribution >= 0.6 is 0 Å². The van der Waals surface area contributed by atoms with Gasteiger partial charge < -0.3 is 20.2 Å². The van der Waals surface area contributed by atoms with Crippen LogP contribution in [0.15, 0.2) is 0 Å². The SMILES string of the molecule is CCN(CC)CCNC1(CO)CCN(CC(C)C)CC1. The fraction of sp³-hybridized carbons (Fsp3) is 1.00. The van der Waals surface area contributed by atoms with Gasteiger partial charge >= 0.3 is 0 Å². The van der Waals surface area contributed by atoms with E-state index in [1.807, 2.05) is 0 Å². The van der Waals surface area contributed by atoms with Gasteiger partial charge in [0.05, 0.1) is 6.61 Å². The number of aliphatic hydroxyl groups excluding tert-OH is 1. The molecule has 0 aromatic carbocycles. The van der Waals surface area contributed by atoms with Crippen LogP contribution in [-0.4, -0.2) is 72.9 Å². The molecule has 1 aliphatic heterocycles. The zero-order valence-corrected chi connectivity index (χ0v) is 14.0. The molecule has 0 bridgehead atoms. The van der Waals surface area contributed by atoms with Gasteiger partial charge in [-0.2, -0.15) is 0 Å². The summed E-state index contributed by atoms with van der Waals surface area (Å²) < 4.78 is 0. The van der Waals surface area contributed by atoms with Crippen molar-refractivity contribution < 1.29 is 5.11 Å². The minimum atomic E-state index is -0.0410.